The van der Waals surface area contributed by atoms with E-state index in [0.717, 1.165) is 11.5 Å². The number of nitrogens with zero attached hydrogens (tertiary/aromatic N) is 4. The van der Waals surface area contributed by atoms with Gasteiger partial charge < -0.3 is 9.32 Å². The minimum Gasteiger partial charge on any atom is -0.408 e. The minimum atomic E-state index is -3.69. The first-order chi connectivity index (χ1) is 13.4. The van der Waals surface area contributed by atoms with Crippen LogP contribution in [0.1, 0.15) is 24.5 Å². The van der Waals surface area contributed by atoms with E-state index in [1.165, 1.54) is 35.3 Å². The number of H-pyrrole nitrogens is 1. The van der Waals surface area contributed by atoms with Crippen LogP contribution in [0.15, 0.2) is 44.4 Å². The van der Waals surface area contributed by atoms with Gasteiger partial charge in [-0.15, -0.1) is 5.10 Å². The van der Waals surface area contributed by atoms with Gasteiger partial charge in [0.25, 0.3) is 0 Å². The van der Waals surface area contributed by atoms with Crippen molar-refractivity contribution in [1.82, 2.24) is 19.5 Å². The zero-order valence-electron chi connectivity index (χ0n) is 15.2. The Labute approximate surface area is 161 Å². The monoisotopic (exact) mass is 401 g/mol. The number of nitrogens with one attached hydrogen (secondary N) is 1. The Bertz CT molecular complexity index is 1190. The molecule has 0 bridgehead atoms. The van der Waals surface area contributed by atoms with Gasteiger partial charge >= 0.3 is 5.76 Å². The van der Waals surface area contributed by atoms with E-state index < -0.39 is 15.8 Å². The minimum absolute atomic E-state index is 0.117. The van der Waals surface area contributed by atoms with Crippen LogP contribution in [0.25, 0.3) is 11.1 Å². The smallest absolute Gasteiger partial charge is 0.408 e. The van der Waals surface area contributed by atoms with Crippen molar-refractivity contribution >= 4 is 26.9 Å². The fourth-order valence-corrected chi connectivity index (χ4v) is 4.79. The maximum atomic E-state index is 12.9. The van der Waals surface area contributed by atoms with Gasteiger partial charge in [0.05, 0.1) is 22.1 Å². The SMILES string of the molecule is CN(C1CN(c2ccc(C3CC3)nn2)C1)S(=O)(=O)c1ccc2oc(=O)[nH]c2c1. The van der Waals surface area contributed by atoms with Gasteiger partial charge in [0.15, 0.2) is 11.4 Å². The van der Waals surface area contributed by atoms with Crippen molar-refractivity contribution in [3.63, 3.8) is 0 Å². The van der Waals surface area contributed by atoms with Gasteiger partial charge in [0.1, 0.15) is 0 Å². The topological polar surface area (TPSA) is 112 Å². The molecule has 3 aromatic rings. The van der Waals surface area contributed by atoms with Gasteiger partial charge in [-0.3, -0.25) is 4.98 Å². The zero-order chi connectivity index (χ0) is 19.5. The zero-order valence-corrected chi connectivity index (χ0v) is 16.0. The molecular weight excluding hydrogens is 382 g/mol. The molecule has 1 aliphatic carbocycles. The van der Waals surface area contributed by atoms with E-state index >= 15 is 0 Å². The van der Waals surface area contributed by atoms with Crippen molar-refractivity contribution in [3.05, 3.63) is 46.6 Å². The Morgan fingerprint density at radius 1 is 1.18 bits per heavy atom. The molecule has 2 aliphatic rings. The van der Waals surface area contributed by atoms with E-state index in [2.05, 4.69) is 15.2 Å². The molecule has 0 spiro atoms. The molecule has 3 heterocycles. The van der Waals surface area contributed by atoms with E-state index in [1.54, 1.807) is 7.05 Å². The van der Waals surface area contributed by atoms with Crippen molar-refractivity contribution in [3.8, 4) is 0 Å². The Morgan fingerprint density at radius 2 is 1.96 bits per heavy atom. The second kappa shape index (κ2) is 6.14. The third kappa shape index (κ3) is 2.89. The average molecular weight is 401 g/mol. The molecule has 9 nitrogen and oxygen atoms in total. The molecule has 1 N–H and O–H groups in total. The molecule has 5 rings (SSSR count). The van der Waals surface area contributed by atoms with Crippen LogP contribution in [-0.4, -0.2) is 54.1 Å². The lowest BCUT2D eigenvalue weighted by molar-refractivity contribution is 0.309. The quantitative estimate of drug-likeness (QED) is 0.686. The fourth-order valence-electron chi connectivity index (χ4n) is 3.43. The van der Waals surface area contributed by atoms with Gasteiger partial charge in [-0.05, 0) is 43.2 Å². The van der Waals surface area contributed by atoms with Crippen LogP contribution in [0, 0.1) is 0 Å². The molecular formula is C18H19N5O4S. The first-order valence-electron chi connectivity index (χ1n) is 9.11. The summed E-state index contributed by atoms with van der Waals surface area (Å²) < 4.78 is 32.2. The van der Waals surface area contributed by atoms with Crippen molar-refractivity contribution < 1.29 is 12.8 Å². The highest BCUT2D eigenvalue weighted by Gasteiger charge is 2.37. The van der Waals surface area contributed by atoms with E-state index in [9.17, 15) is 13.2 Å². The highest BCUT2D eigenvalue weighted by Crippen LogP contribution is 2.39. The summed E-state index contributed by atoms with van der Waals surface area (Å²) in [6, 6.07) is 8.16. The number of aromatic amines is 1. The summed E-state index contributed by atoms with van der Waals surface area (Å²) in [6.07, 6.45) is 2.36. The standard InChI is InChI=1S/C18H19N5O4S/c1-22(28(25,26)13-4-6-16-15(8-13)19-18(24)27-16)12-9-23(10-12)17-7-5-14(20-21-17)11-2-3-11/h4-8,11-12H,2-3,9-10H2,1H3,(H,19,24). The summed E-state index contributed by atoms with van der Waals surface area (Å²) in [5.41, 5.74) is 1.73. The third-order valence-electron chi connectivity index (χ3n) is 5.43. The molecule has 0 radical (unpaired) electrons. The lowest BCUT2D eigenvalue weighted by atomic mass is 10.1. The van der Waals surface area contributed by atoms with Crippen LogP contribution < -0.4 is 10.7 Å². The summed E-state index contributed by atoms with van der Waals surface area (Å²) in [4.78, 5) is 15.9. The van der Waals surface area contributed by atoms with Gasteiger partial charge in [-0.1, -0.05) is 0 Å². The van der Waals surface area contributed by atoms with Crippen molar-refractivity contribution in [2.45, 2.75) is 29.7 Å². The summed E-state index contributed by atoms with van der Waals surface area (Å²) in [6.45, 7) is 1.11. The molecule has 0 atom stereocenters. The number of likely N-dealkylation sites (N-methyl/N-ethyl adjacent to an activating group) is 1. The molecule has 1 saturated heterocycles. The Hall–Kier alpha value is -2.72. The number of sulfonamides is 1. The fraction of sp³-hybridized carbons (Fsp3) is 0.389. The predicted molar refractivity (Wildman–Crippen MR) is 102 cm³/mol. The van der Waals surface area contributed by atoms with Gasteiger partial charge in [0.2, 0.25) is 10.0 Å². The lowest BCUT2D eigenvalue weighted by Crippen LogP contribution is -2.60. The first-order valence-corrected chi connectivity index (χ1v) is 10.6. The predicted octanol–water partition coefficient (Wildman–Crippen LogP) is 1.30. The van der Waals surface area contributed by atoms with Crippen LogP contribution in [0.2, 0.25) is 0 Å². The largest absolute Gasteiger partial charge is 0.417 e. The van der Waals surface area contributed by atoms with Crippen LogP contribution in [0.3, 0.4) is 0 Å². The number of hydrogen-bond acceptors (Lipinski definition) is 7. The Balaban J connectivity index is 1.30. The molecule has 0 unspecified atom stereocenters. The number of anilines is 1. The maximum Gasteiger partial charge on any atom is 0.417 e. The lowest BCUT2D eigenvalue weighted by Gasteiger charge is -2.43. The van der Waals surface area contributed by atoms with Crippen LogP contribution >= 0.6 is 0 Å². The average Bonchev–Trinajstić information content (AvgIpc) is 3.41. The molecule has 2 fully saturated rings. The number of aromatic nitrogens is 3. The molecule has 28 heavy (non-hydrogen) atoms. The third-order valence-corrected chi connectivity index (χ3v) is 7.34. The number of hydrogen-bond donors (Lipinski definition) is 1. The van der Waals surface area contributed by atoms with Crippen molar-refractivity contribution in [2.24, 2.45) is 0 Å². The molecule has 1 aliphatic heterocycles. The van der Waals surface area contributed by atoms with Gasteiger partial charge in [-0.25, -0.2) is 13.2 Å². The molecule has 1 saturated carbocycles. The van der Waals surface area contributed by atoms with Crippen LogP contribution in [0.4, 0.5) is 5.82 Å². The molecule has 2 aromatic heterocycles. The number of oxazole rings is 1. The highest BCUT2D eigenvalue weighted by atomic mass is 32.2. The van der Waals surface area contributed by atoms with E-state index in [1.807, 2.05) is 17.0 Å². The van der Waals surface area contributed by atoms with E-state index in [4.69, 9.17) is 4.42 Å². The second-order valence-electron chi connectivity index (χ2n) is 7.34. The van der Waals surface area contributed by atoms with Gasteiger partial charge in [-0.2, -0.15) is 9.40 Å². The number of benzene rings is 1. The normalized spacial score (nSPS) is 18.0. The summed E-state index contributed by atoms with van der Waals surface area (Å²) in [7, 11) is -2.12. The second-order valence-corrected chi connectivity index (χ2v) is 9.34. The maximum absolute atomic E-state index is 12.9. The van der Waals surface area contributed by atoms with Gasteiger partial charge in [0, 0.05) is 26.1 Å². The van der Waals surface area contributed by atoms with E-state index in [-0.39, 0.29) is 10.9 Å². The number of rotatable bonds is 5. The molecule has 146 valence electrons. The van der Waals surface area contributed by atoms with Crippen LogP contribution in [-0.2, 0) is 10.0 Å². The number of fused-ring (bicyclic) bond motifs is 1. The molecule has 0 amide bonds. The molecule has 10 heteroatoms. The Morgan fingerprint density at radius 3 is 2.64 bits per heavy atom. The van der Waals surface area contributed by atoms with Crippen LogP contribution in [0.5, 0.6) is 0 Å². The summed E-state index contributed by atoms with van der Waals surface area (Å²) in [5.74, 6) is 0.717. The first kappa shape index (κ1) is 17.4. The van der Waals surface area contributed by atoms with Crippen molar-refractivity contribution in [2.75, 3.05) is 25.0 Å². The highest BCUT2D eigenvalue weighted by molar-refractivity contribution is 7.89. The Kier molecular flexibility index (Phi) is 3.81. The summed E-state index contributed by atoms with van der Waals surface area (Å²) >= 11 is 0. The van der Waals surface area contributed by atoms with E-state index in [0.29, 0.717) is 30.1 Å². The molecule has 1 aromatic carbocycles. The summed E-state index contributed by atoms with van der Waals surface area (Å²) in [5, 5.41) is 8.56. The van der Waals surface area contributed by atoms with Crippen molar-refractivity contribution in [1.29, 1.82) is 0 Å².